The van der Waals surface area contributed by atoms with Gasteiger partial charge in [-0.2, -0.15) is 0 Å². The summed E-state index contributed by atoms with van der Waals surface area (Å²) in [6, 6.07) is 0. The van der Waals surface area contributed by atoms with Gasteiger partial charge >= 0.3 is 0 Å². The van der Waals surface area contributed by atoms with Gasteiger partial charge in [0.2, 0.25) is 0 Å². The molecule has 0 aliphatic rings. The van der Waals surface area contributed by atoms with Crippen molar-refractivity contribution < 1.29 is 14.6 Å². The number of methoxy groups -OCH3 is 1. The lowest BCUT2D eigenvalue weighted by molar-refractivity contribution is -0.119. The third kappa shape index (κ3) is 7.49. The lowest BCUT2D eigenvalue weighted by Crippen LogP contribution is -2.01. The molecule has 0 atom stereocenters. The largest absolute Gasteiger partial charge is 0.396 e. The average Bonchev–Trinajstić information content (AvgIpc) is 2.01. The van der Waals surface area contributed by atoms with Crippen LogP contribution in [0.3, 0.4) is 0 Å². The monoisotopic (exact) mass is 160 g/mol. The van der Waals surface area contributed by atoms with Gasteiger partial charge in [-0.05, 0) is 12.8 Å². The van der Waals surface area contributed by atoms with Gasteiger partial charge < -0.3 is 9.84 Å². The predicted octanol–water partition coefficient (Wildman–Crippen LogP) is 0.755. The molecule has 0 rings (SSSR count). The first kappa shape index (κ1) is 10.6. The van der Waals surface area contributed by atoms with Gasteiger partial charge in [0.15, 0.2) is 0 Å². The van der Waals surface area contributed by atoms with E-state index in [1.165, 1.54) is 0 Å². The fourth-order valence-corrected chi connectivity index (χ4v) is 0.815. The number of carbonyl (C=O) groups excluding carboxylic acids is 1. The van der Waals surface area contributed by atoms with Crippen LogP contribution in [0.15, 0.2) is 0 Å². The normalized spacial score (nSPS) is 10.0. The standard InChI is InChI=1S/C8H16O3/c1-11-7-3-5-8(10)4-2-6-9/h9H,2-7H2,1H3. The van der Waals surface area contributed by atoms with E-state index in [0.717, 1.165) is 6.42 Å². The molecule has 0 unspecified atom stereocenters. The molecule has 0 aromatic carbocycles. The number of hydrogen-bond acceptors (Lipinski definition) is 3. The summed E-state index contributed by atoms with van der Waals surface area (Å²) in [5, 5.41) is 8.41. The first-order chi connectivity index (χ1) is 5.31. The highest BCUT2D eigenvalue weighted by Gasteiger charge is 1.99. The molecule has 0 aromatic heterocycles. The molecule has 0 amide bonds. The van der Waals surface area contributed by atoms with Crippen LogP contribution in [-0.2, 0) is 9.53 Å². The molecule has 0 radical (unpaired) electrons. The predicted molar refractivity (Wildman–Crippen MR) is 42.4 cm³/mol. The second-order valence-electron chi connectivity index (χ2n) is 2.46. The van der Waals surface area contributed by atoms with Crippen molar-refractivity contribution in [3.05, 3.63) is 0 Å². The van der Waals surface area contributed by atoms with Gasteiger partial charge in [0.25, 0.3) is 0 Å². The Kier molecular flexibility index (Phi) is 7.41. The minimum absolute atomic E-state index is 0.107. The molecule has 0 aliphatic carbocycles. The lowest BCUT2D eigenvalue weighted by atomic mass is 10.1. The molecular weight excluding hydrogens is 144 g/mol. The van der Waals surface area contributed by atoms with Crippen LogP contribution in [0.4, 0.5) is 0 Å². The van der Waals surface area contributed by atoms with Gasteiger partial charge in [-0.3, -0.25) is 4.79 Å². The molecule has 0 bridgehead atoms. The van der Waals surface area contributed by atoms with Crippen LogP contribution >= 0.6 is 0 Å². The summed E-state index contributed by atoms with van der Waals surface area (Å²) in [7, 11) is 1.62. The topological polar surface area (TPSA) is 46.5 Å². The molecule has 0 saturated carbocycles. The van der Waals surface area contributed by atoms with E-state index in [0.29, 0.717) is 25.9 Å². The van der Waals surface area contributed by atoms with Crippen LogP contribution < -0.4 is 0 Å². The van der Waals surface area contributed by atoms with Crippen LogP contribution in [0.25, 0.3) is 0 Å². The summed E-state index contributed by atoms with van der Waals surface area (Å²) < 4.78 is 4.80. The van der Waals surface area contributed by atoms with E-state index in [1.807, 2.05) is 0 Å². The van der Waals surface area contributed by atoms with E-state index in [-0.39, 0.29) is 12.4 Å². The summed E-state index contributed by atoms with van der Waals surface area (Å²) in [6.45, 7) is 0.751. The van der Waals surface area contributed by atoms with Crippen LogP contribution in [0.2, 0.25) is 0 Å². The van der Waals surface area contributed by atoms with E-state index >= 15 is 0 Å². The summed E-state index contributed by atoms with van der Waals surface area (Å²) in [4.78, 5) is 10.9. The number of hydrogen-bond donors (Lipinski definition) is 1. The van der Waals surface area contributed by atoms with E-state index < -0.39 is 0 Å². The molecule has 3 nitrogen and oxygen atoms in total. The van der Waals surface area contributed by atoms with Gasteiger partial charge in [0.05, 0.1) is 0 Å². The summed E-state index contributed by atoms with van der Waals surface area (Å²) in [6.07, 6.45) is 2.46. The Morgan fingerprint density at radius 3 is 2.55 bits per heavy atom. The highest BCUT2D eigenvalue weighted by atomic mass is 16.5. The maximum absolute atomic E-state index is 10.9. The fourth-order valence-electron chi connectivity index (χ4n) is 0.815. The van der Waals surface area contributed by atoms with Crippen LogP contribution in [0, 0.1) is 0 Å². The Morgan fingerprint density at radius 1 is 1.36 bits per heavy atom. The molecule has 11 heavy (non-hydrogen) atoms. The van der Waals surface area contributed by atoms with Crippen LogP contribution in [0.5, 0.6) is 0 Å². The molecule has 0 fully saturated rings. The molecule has 0 spiro atoms. The molecule has 66 valence electrons. The second-order valence-corrected chi connectivity index (χ2v) is 2.46. The van der Waals surface area contributed by atoms with Crippen LogP contribution in [0.1, 0.15) is 25.7 Å². The number of ketones is 1. The summed E-state index contributed by atoms with van der Waals surface area (Å²) >= 11 is 0. The molecule has 0 aromatic rings. The number of carbonyl (C=O) groups is 1. The summed E-state index contributed by atoms with van der Waals surface area (Å²) in [5.41, 5.74) is 0. The third-order valence-corrected chi connectivity index (χ3v) is 1.42. The third-order valence-electron chi connectivity index (χ3n) is 1.42. The van der Waals surface area contributed by atoms with Gasteiger partial charge in [-0.25, -0.2) is 0 Å². The molecule has 0 heterocycles. The Labute approximate surface area is 67.4 Å². The molecule has 0 aliphatic heterocycles. The first-order valence-electron chi connectivity index (χ1n) is 3.92. The highest BCUT2D eigenvalue weighted by Crippen LogP contribution is 1.97. The smallest absolute Gasteiger partial charge is 0.133 e. The van der Waals surface area contributed by atoms with Crippen molar-refractivity contribution in [3.8, 4) is 0 Å². The quantitative estimate of drug-likeness (QED) is 0.559. The maximum atomic E-state index is 10.9. The van der Waals surface area contributed by atoms with Crippen molar-refractivity contribution in [2.24, 2.45) is 0 Å². The van der Waals surface area contributed by atoms with Crippen molar-refractivity contribution in [2.75, 3.05) is 20.3 Å². The van der Waals surface area contributed by atoms with Crippen molar-refractivity contribution in [2.45, 2.75) is 25.7 Å². The Bertz CT molecular complexity index is 102. The van der Waals surface area contributed by atoms with Crippen LogP contribution in [-0.4, -0.2) is 31.2 Å². The van der Waals surface area contributed by atoms with Gasteiger partial charge in [-0.15, -0.1) is 0 Å². The van der Waals surface area contributed by atoms with E-state index in [1.54, 1.807) is 7.11 Å². The van der Waals surface area contributed by atoms with Crippen molar-refractivity contribution >= 4 is 5.78 Å². The maximum Gasteiger partial charge on any atom is 0.133 e. The Balaban J connectivity index is 3.09. The van der Waals surface area contributed by atoms with Crippen molar-refractivity contribution in [3.63, 3.8) is 0 Å². The number of Topliss-reactive ketones (excluding diaryl/α,β-unsaturated/α-hetero) is 1. The van der Waals surface area contributed by atoms with Gasteiger partial charge in [0, 0.05) is 33.2 Å². The highest BCUT2D eigenvalue weighted by molar-refractivity contribution is 5.78. The minimum atomic E-state index is 0.107. The Hall–Kier alpha value is -0.410. The zero-order valence-corrected chi connectivity index (χ0v) is 7.01. The molecular formula is C8H16O3. The Morgan fingerprint density at radius 2 is 2.00 bits per heavy atom. The zero-order valence-electron chi connectivity index (χ0n) is 7.01. The number of aliphatic hydroxyl groups is 1. The molecule has 0 saturated heterocycles. The number of ether oxygens (including phenoxy) is 1. The minimum Gasteiger partial charge on any atom is -0.396 e. The molecule has 3 heteroatoms. The van der Waals surface area contributed by atoms with Crippen molar-refractivity contribution in [1.29, 1.82) is 0 Å². The number of rotatable bonds is 7. The fraction of sp³-hybridized carbons (Fsp3) is 0.875. The lowest BCUT2D eigenvalue weighted by Gasteiger charge is -1.98. The zero-order chi connectivity index (χ0) is 8.53. The van der Waals surface area contributed by atoms with E-state index in [9.17, 15) is 4.79 Å². The van der Waals surface area contributed by atoms with Gasteiger partial charge in [0.1, 0.15) is 5.78 Å². The average molecular weight is 160 g/mol. The van der Waals surface area contributed by atoms with Gasteiger partial charge in [-0.1, -0.05) is 0 Å². The van der Waals surface area contributed by atoms with E-state index in [2.05, 4.69) is 0 Å². The second kappa shape index (κ2) is 7.69. The number of aliphatic hydroxyl groups excluding tert-OH is 1. The molecule has 1 N–H and O–H groups in total. The van der Waals surface area contributed by atoms with E-state index in [4.69, 9.17) is 9.84 Å². The van der Waals surface area contributed by atoms with Crippen molar-refractivity contribution in [1.82, 2.24) is 0 Å². The summed E-state index contributed by atoms with van der Waals surface area (Å²) in [5.74, 6) is 0.219. The SMILES string of the molecule is COCCCC(=O)CCCO. The first-order valence-corrected chi connectivity index (χ1v) is 3.92.